The molecule has 1 aromatic rings. The van der Waals surface area contributed by atoms with Gasteiger partial charge >= 0.3 is 0 Å². The number of hydrogen-bond acceptors (Lipinski definition) is 2. The van der Waals surface area contributed by atoms with Crippen molar-refractivity contribution >= 4 is 5.91 Å². The summed E-state index contributed by atoms with van der Waals surface area (Å²) in [6.07, 6.45) is 0.918. The summed E-state index contributed by atoms with van der Waals surface area (Å²) in [5.74, 6) is 0.528. The van der Waals surface area contributed by atoms with E-state index in [-0.39, 0.29) is 11.9 Å². The van der Waals surface area contributed by atoms with E-state index in [1.807, 2.05) is 26.0 Å². The van der Waals surface area contributed by atoms with Gasteiger partial charge < -0.3 is 10.1 Å². The van der Waals surface area contributed by atoms with Crippen LogP contribution in [0.4, 0.5) is 0 Å². The van der Waals surface area contributed by atoms with E-state index in [0.717, 1.165) is 6.42 Å². The van der Waals surface area contributed by atoms with E-state index in [4.69, 9.17) is 4.74 Å². The molecule has 3 nitrogen and oxygen atoms in total. The molecule has 0 saturated carbocycles. The monoisotopic (exact) mass is 207 g/mol. The van der Waals surface area contributed by atoms with Crippen molar-refractivity contribution in [1.82, 2.24) is 5.32 Å². The number of carbonyl (C=O) groups is 1. The van der Waals surface area contributed by atoms with Crippen LogP contribution < -0.4 is 10.1 Å². The summed E-state index contributed by atoms with van der Waals surface area (Å²) < 4.78 is 5.12. The zero-order chi connectivity index (χ0) is 11.3. The topological polar surface area (TPSA) is 38.3 Å². The number of amides is 1. The Morgan fingerprint density at radius 3 is 2.73 bits per heavy atom. The van der Waals surface area contributed by atoms with E-state index in [9.17, 15) is 4.79 Å². The summed E-state index contributed by atoms with van der Waals surface area (Å²) in [5, 5.41) is 2.90. The van der Waals surface area contributed by atoms with Gasteiger partial charge in [0.05, 0.1) is 12.7 Å². The average molecular weight is 207 g/mol. The highest BCUT2D eigenvalue weighted by molar-refractivity contribution is 5.97. The van der Waals surface area contributed by atoms with Crippen molar-refractivity contribution in [2.75, 3.05) is 7.11 Å². The minimum absolute atomic E-state index is 0.0817. The lowest BCUT2D eigenvalue weighted by Crippen LogP contribution is -2.32. The van der Waals surface area contributed by atoms with Crippen molar-refractivity contribution in [2.24, 2.45) is 0 Å². The smallest absolute Gasteiger partial charge is 0.255 e. The molecule has 1 N–H and O–H groups in total. The molecule has 15 heavy (non-hydrogen) atoms. The lowest BCUT2D eigenvalue weighted by atomic mass is 10.1. The van der Waals surface area contributed by atoms with Crippen molar-refractivity contribution < 1.29 is 9.53 Å². The van der Waals surface area contributed by atoms with E-state index < -0.39 is 0 Å². The van der Waals surface area contributed by atoms with E-state index in [0.29, 0.717) is 11.3 Å². The lowest BCUT2D eigenvalue weighted by molar-refractivity contribution is 0.0936. The molecule has 1 aromatic carbocycles. The van der Waals surface area contributed by atoms with Gasteiger partial charge in [0, 0.05) is 6.04 Å². The maximum atomic E-state index is 11.8. The van der Waals surface area contributed by atoms with E-state index in [1.165, 1.54) is 0 Å². The average Bonchev–Trinajstić information content (AvgIpc) is 2.28. The molecule has 0 saturated heterocycles. The first-order chi connectivity index (χ1) is 7.19. The molecule has 0 unspecified atom stereocenters. The summed E-state index contributed by atoms with van der Waals surface area (Å²) in [5.41, 5.74) is 0.584. The second-order valence-corrected chi connectivity index (χ2v) is 3.48. The maximum Gasteiger partial charge on any atom is 0.255 e. The van der Waals surface area contributed by atoms with E-state index >= 15 is 0 Å². The number of hydrogen-bond donors (Lipinski definition) is 1. The molecule has 0 aliphatic carbocycles. The zero-order valence-electron chi connectivity index (χ0n) is 9.41. The molecule has 3 heteroatoms. The molecule has 0 spiro atoms. The first kappa shape index (κ1) is 11.6. The molecule has 1 amide bonds. The standard InChI is InChI=1S/C12H17NO2/c1-4-9(2)13-12(14)10-7-5-6-8-11(10)15-3/h5-9H,4H2,1-3H3,(H,13,14)/t9-/m1/s1. The third-order valence-corrected chi connectivity index (χ3v) is 2.34. The molecule has 0 aromatic heterocycles. The van der Waals surface area contributed by atoms with Gasteiger partial charge in [-0.15, -0.1) is 0 Å². The summed E-state index contributed by atoms with van der Waals surface area (Å²) >= 11 is 0. The zero-order valence-corrected chi connectivity index (χ0v) is 9.41. The number of ether oxygens (including phenoxy) is 1. The van der Waals surface area contributed by atoms with Crippen molar-refractivity contribution in [1.29, 1.82) is 0 Å². The molecular formula is C12H17NO2. The number of methoxy groups -OCH3 is 1. The molecule has 0 aliphatic rings. The number of benzene rings is 1. The maximum absolute atomic E-state index is 11.8. The van der Waals surface area contributed by atoms with Gasteiger partial charge in [0.25, 0.3) is 5.91 Å². The Hall–Kier alpha value is -1.51. The van der Waals surface area contributed by atoms with Gasteiger partial charge in [0.2, 0.25) is 0 Å². The third-order valence-electron chi connectivity index (χ3n) is 2.34. The van der Waals surface area contributed by atoms with Gasteiger partial charge in [-0.2, -0.15) is 0 Å². The van der Waals surface area contributed by atoms with Gasteiger partial charge in [-0.05, 0) is 25.5 Å². The fourth-order valence-electron chi connectivity index (χ4n) is 1.24. The van der Waals surface area contributed by atoms with Crippen molar-refractivity contribution in [2.45, 2.75) is 26.3 Å². The molecule has 0 aliphatic heterocycles. The highest BCUT2D eigenvalue weighted by atomic mass is 16.5. The van der Waals surface area contributed by atoms with Crippen LogP contribution in [-0.4, -0.2) is 19.1 Å². The highest BCUT2D eigenvalue weighted by Crippen LogP contribution is 2.17. The van der Waals surface area contributed by atoms with Gasteiger partial charge in [-0.25, -0.2) is 0 Å². The molecular weight excluding hydrogens is 190 g/mol. The van der Waals surface area contributed by atoms with Gasteiger partial charge in [0.1, 0.15) is 5.75 Å². The van der Waals surface area contributed by atoms with Gasteiger partial charge in [0.15, 0.2) is 0 Å². The van der Waals surface area contributed by atoms with Crippen LogP contribution >= 0.6 is 0 Å². The Kier molecular flexibility index (Phi) is 4.16. The second-order valence-electron chi connectivity index (χ2n) is 3.48. The quantitative estimate of drug-likeness (QED) is 0.822. The molecule has 0 bridgehead atoms. The van der Waals surface area contributed by atoms with E-state index in [2.05, 4.69) is 5.32 Å². The molecule has 0 heterocycles. The Morgan fingerprint density at radius 1 is 1.47 bits per heavy atom. The van der Waals surface area contributed by atoms with Crippen LogP contribution in [0.2, 0.25) is 0 Å². The molecule has 0 fully saturated rings. The van der Waals surface area contributed by atoms with Crippen molar-refractivity contribution in [3.8, 4) is 5.75 Å². The SMILES string of the molecule is CC[C@@H](C)NC(=O)c1ccccc1OC. The summed E-state index contributed by atoms with van der Waals surface area (Å²) in [7, 11) is 1.56. The first-order valence-electron chi connectivity index (χ1n) is 5.13. The van der Waals surface area contributed by atoms with Crippen LogP contribution in [0.3, 0.4) is 0 Å². The van der Waals surface area contributed by atoms with Gasteiger partial charge in [-0.1, -0.05) is 19.1 Å². The normalized spacial score (nSPS) is 11.9. The van der Waals surface area contributed by atoms with Crippen molar-refractivity contribution in [3.05, 3.63) is 29.8 Å². The van der Waals surface area contributed by atoms with Crippen LogP contribution in [0, 0.1) is 0 Å². The predicted octanol–water partition coefficient (Wildman–Crippen LogP) is 2.22. The van der Waals surface area contributed by atoms with Crippen LogP contribution in [0.25, 0.3) is 0 Å². The third kappa shape index (κ3) is 2.98. The summed E-state index contributed by atoms with van der Waals surface area (Å²) in [6, 6.07) is 7.40. The van der Waals surface area contributed by atoms with E-state index in [1.54, 1.807) is 19.2 Å². The highest BCUT2D eigenvalue weighted by Gasteiger charge is 2.12. The number of rotatable bonds is 4. The minimum Gasteiger partial charge on any atom is -0.496 e. The van der Waals surface area contributed by atoms with Crippen LogP contribution in [-0.2, 0) is 0 Å². The van der Waals surface area contributed by atoms with Crippen LogP contribution in [0.15, 0.2) is 24.3 Å². The molecule has 82 valence electrons. The summed E-state index contributed by atoms with van der Waals surface area (Å²) in [6.45, 7) is 4.01. The van der Waals surface area contributed by atoms with Crippen LogP contribution in [0.5, 0.6) is 5.75 Å². The Morgan fingerprint density at radius 2 is 2.13 bits per heavy atom. The fourth-order valence-corrected chi connectivity index (χ4v) is 1.24. The predicted molar refractivity (Wildman–Crippen MR) is 60.2 cm³/mol. The largest absolute Gasteiger partial charge is 0.496 e. The first-order valence-corrected chi connectivity index (χ1v) is 5.13. The van der Waals surface area contributed by atoms with Gasteiger partial charge in [-0.3, -0.25) is 4.79 Å². The van der Waals surface area contributed by atoms with Crippen molar-refractivity contribution in [3.63, 3.8) is 0 Å². The Bertz CT molecular complexity index is 336. The Balaban J connectivity index is 2.81. The molecule has 1 rings (SSSR count). The van der Waals surface area contributed by atoms with Crippen LogP contribution in [0.1, 0.15) is 30.6 Å². The fraction of sp³-hybridized carbons (Fsp3) is 0.417. The number of para-hydroxylation sites is 1. The summed E-state index contributed by atoms with van der Waals surface area (Å²) in [4.78, 5) is 11.8. The number of nitrogens with one attached hydrogen (secondary N) is 1. The second kappa shape index (κ2) is 5.39. The molecule has 0 radical (unpaired) electrons. The number of carbonyl (C=O) groups excluding carboxylic acids is 1. The Labute approximate surface area is 90.4 Å². The minimum atomic E-state index is -0.0817. The molecule has 1 atom stereocenters. The lowest BCUT2D eigenvalue weighted by Gasteiger charge is -2.13.